The number of hydrogen-bond acceptors (Lipinski definition) is 4. The standard InChI is InChI=1S/C15H25N3O2S/c1-4-12(2)11-18(3)8-9-21(19,20)14-7-5-6-13(10-14)15(16)17/h5-7,10,12H,4,8-9,11H2,1-3H3,(H3,16,17). The Kier molecular flexibility index (Phi) is 6.36. The van der Waals surface area contributed by atoms with Crippen molar-refractivity contribution in [3.63, 3.8) is 0 Å². The Morgan fingerprint density at radius 3 is 2.67 bits per heavy atom. The van der Waals surface area contributed by atoms with E-state index in [0.717, 1.165) is 13.0 Å². The van der Waals surface area contributed by atoms with Crippen LogP contribution in [0.5, 0.6) is 0 Å². The normalized spacial score (nSPS) is 13.3. The molecule has 0 spiro atoms. The monoisotopic (exact) mass is 311 g/mol. The fourth-order valence-corrected chi connectivity index (χ4v) is 3.38. The Labute approximate surface area is 127 Å². The summed E-state index contributed by atoms with van der Waals surface area (Å²) in [6.07, 6.45) is 1.08. The molecular formula is C15H25N3O2S. The summed E-state index contributed by atoms with van der Waals surface area (Å²) in [5, 5.41) is 7.38. The molecule has 5 nitrogen and oxygen atoms in total. The van der Waals surface area contributed by atoms with Gasteiger partial charge in [-0.2, -0.15) is 0 Å². The molecule has 118 valence electrons. The fourth-order valence-electron chi connectivity index (χ4n) is 2.00. The third-order valence-corrected chi connectivity index (χ3v) is 5.26. The van der Waals surface area contributed by atoms with Gasteiger partial charge in [-0.3, -0.25) is 5.41 Å². The first-order valence-electron chi connectivity index (χ1n) is 7.12. The third-order valence-electron chi connectivity index (χ3n) is 3.57. The van der Waals surface area contributed by atoms with E-state index >= 15 is 0 Å². The smallest absolute Gasteiger partial charge is 0.179 e. The highest BCUT2D eigenvalue weighted by molar-refractivity contribution is 7.91. The minimum atomic E-state index is -3.35. The van der Waals surface area contributed by atoms with Crippen LogP contribution < -0.4 is 5.73 Å². The zero-order chi connectivity index (χ0) is 16.0. The van der Waals surface area contributed by atoms with Crippen LogP contribution in [-0.4, -0.2) is 45.0 Å². The molecule has 0 aliphatic heterocycles. The molecule has 0 heterocycles. The van der Waals surface area contributed by atoms with Crippen molar-refractivity contribution in [3.05, 3.63) is 29.8 Å². The molecule has 0 radical (unpaired) electrons. The van der Waals surface area contributed by atoms with Gasteiger partial charge in [-0.05, 0) is 25.1 Å². The van der Waals surface area contributed by atoms with Gasteiger partial charge >= 0.3 is 0 Å². The lowest BCUT2D eigenvalue weighted by Crippen LogP contribution is -2.29. The van der Waals surface area contributed by atoms with Crippen LogP contribution in [0.25, 0.3) is 0 Å². The summed E-state index contributed by atoms with van der Waals surface area (Å²) >= 11 is 0. The molecule has 0 amide bonds. The predicted octanol–water partition coefficient (Wildman–Crippen LogP) is 1.72. The topological polar surface area (TPSA) is 87.2 Å². The first-order valence-corrected chi connectivity index (χ1v) is 8.77. The first kappa shape index (κ1) is 17.7. The molecule has 21 heavy (non-hydrogen) atoms. The zero-order valence-electron chi connectivity index (χ0n) is 13.0. The minimum absolute atomic E-state index is 0.0707. The molecule has 0 aromatic heterocycles. The van der Waals surface area contributed by atoms with Crippen LogP contribution in [0.15, 0.2) is 29.2 Å². The van der Waals surface area contributed by atoms with E-state index in [1.54, 1.807) is 18.2 Å². The largest absolute Gasteiger partial charge is 0.384 e. The third kappa shape index (κ3) is 5.47. The molecule has 1 aromatic carbocycles. The van der Waals surface area contributed by atoms with Crippen LogP contribution in [0, 0.1) is 11.3 Å². The number of nitrogens with one attached hydrogen (secondary N) is 1. The van der Waals surface area contributed by atoms with Gasteiger partial charge in [0.05, 0.1) is 10.6 Å². The van der Waals surface area contributed by atoms with E-state index in [1.807, 2.05) is 11.9 Å². The average Bonchev–Trinajstić information content (AvgIpc) is 2.45. The van der Waals surface area contributed by atoms with Crippen LogP contribution in [-0.2, 0) is 9.84 Å². The number of nitrogens with zero attached hydrogens (tertiary/aromatic N) is 1. The van der Waals surface area contributed by atoms with Crippen molar-refractivity contribution in [2.45, 2.75) is 25.2 Å². The van der Waals surface area contributed by atoms with Gasteiger partial charge < -0.3 is 10.6 Å². The quantitative estimate of drug-likeness (QED) is 0.565. The van der Waals surface area contributed by atoms with Crippen LogP contribution in [0.3, 0.4) is 0 Å². The van der Waals surface area contributed by atoms with E-state index in [9.17, 15) is 8.42 Å². The summed E-state index contributed by atoms with van der Waals surface area (Å²) in [6.45, 7) is 5.67. The predicted molar refractivity (Wildman–Crippen MR) is 86.5 cm³/mol. The number of rotatable bonds is 8. The van der Waals surface area contributed by atoms with E-state index in [-0.39, 0.29) is 16.5 Å². The van der Waals surface area contributed by atoms with Crippen LogP contribution >= 0.6 is 0 Å². The van der Waals surface area contributed by atoms with E-state index in [4.69, 9.17) is 11.1 Å². The maximum Gasteiger partial charge on any atom is 0.179 e. The van der Waals surface area contributed by atoms with E-state index in [1.165, 1.54) is 6.07 Å². The number of amidine groups is 1. The van der Waals surface area contributed by atoms with Gasteiger partial charge in [0.25, 0.3) is 0 Å². The van der Waals surface area contributed by atoms with E-state index in [0.29, 0.717) is 18.0 Å². The molecule has 0 saturated carbocycles. The maximum absolute atomic E-state index is 12.3. The molecule has 0 saturated heterocycles. The average molecular weight is 311 g/mol. The Hall–Kier alpha value is -1.40. The number of nitrogen functional groups attached to an aromatic ring is 1. The fraction of sp³-hybridized carbons (Fsp3) is 0.533. The molecule has 3 N–H and O–H groups in total. The van der Waals surface area contributed by atoms with Crippen molar-refractivity contribution in [1.29, 1.82) is 5.41 Å². The number of hydrogen-bond donors (Lipinski definition) is 2. The van der Waals surface area contributed by atoms with Gasteiger partial charge in [-0.25, -0.2) is 8.42 Å². The lowest BCUT2D eigenvalue weighted by molar-refractivity contribution is 0.296. The second-order valence-corrected chi connectivity index (χ2v) is 7.65. The first-order chi connectivity index (χ1) is 9.76. The molecule has 0 aliphatic carbocycles. The van der Waals surface area contributed by atoms with Crippen LogP contribution in [0.2, 0.25) is 0 Å². The molecule has 1 rings (SSSR count). The van der Waals surface area contributed by atoms with Crippen LogP contribution in [0.1, 0.15) is 25.8 Å². The highest BCUT2D eigenvalue weighted by Crippen LogP contribution is 2.13. The summed E-state index contributed by atoms with van der Waals surface area (Å²) in [5.41, 5.74) is 5.83. The minimum Gasteiger partial charge on any atom is -0.384 e. The molecule has 0 aliphatic rings. The molecule has 1 atom stereocenters. The SMILES string of the molecule is CCC(C)CN(C)CCS(=O)(=O)c1cccc(C(=N)N)c1. The molecule has 6 heteroatoms. The van der Waals surface area contributed by atoms with Crippen molar-refractivity contribution in [1.82, 2.24) is 4.90 Å². The van der Waals surface area contributed by atoms with Gasteiger partial charge in [0.15, 0.2) is 9.84 Å². The van der Waals surface area contributed by atoms with Crippen LogP contribution in [0.4, 0.5) is 0 Å². The van der Waals surface area contributed by atoms with Gasteiger partial charge in [0.1, 0.15) is 5.84 Å². The number of nitrogens with two attached hydrogens (primary N) is 1. The van der Waals surface area contributed by atoms with Crippen molar-refractivity contribution in [2.24, 2.45) is 11.7 Å². The molecule has 1 aromatic rings. The van der Waals surface area contributed by atoms with E-state index < -0.39 is 9.84 Å². The van der Waals surface area contributed by atoms with Crippen molar-refractivity contribution < 1.29 is 8.42 Å². The summed E-state index contributed by atoms with van der Waals surface area (Å²) in [4.78, 5) is 2.27. The second-order valence-electron chi connectivity index (χ2n) is 5.54. The highest BCUT2D eigenvalue weighted by Gasteiger charge is 2.16. The second kappa shape index (κ2) is 7.56. The summed E-state index contributed by atoms with van der Waals surface area (Å²) in [6, 6.07) is 6.27. The Balaban J connectivity index is 2.73. The molecule has 1 unspecified atom stereocenters. The number of sulfone groups is 1. The van der Waals surface area contributed by atoms with E-state index in [2.05, 4.69) is 13.8 Å². The highest BCUT2D eigenvalue weighted by atomic mass is 32.2. The Bertz CT molecular complexity index is 584. The maximum atomic E-state index is 12.3. The zero-order valence-corrected chi connectivity index (χ0v) is 13.8. The van der Waals surface area contributed by atoms with Gasteiger partial charge in [0.2, 0.25) is 0 Å². The lowest BCUT2D eigenvalue weighted by atomic mass is 10.1. The van der Waals surface area contributed by atoms with Crippen molar-refractivity contribution >= 4 is 15.7 Å². The summed E-state index contributed by atoms with van der Waals surface area (Å²) < 4.78 is 24.7. The Morgan fingerprint density at radius 2 is 2.10 bits per heavy atom. The van der Waals surface area contributed by atoms with Crippen molar-refractivity contribution in [2.75, 3.05) is 25.9 Å². The van der Waals surface area contributed by atoms with Gasteiger partial charge in [-0.1, -0.05) is 32.4 Å². The van der Waals surface area contributed by atoms with Gasteiger partial charge in [-0.15, -0.1) is 0 Å². The summed E-state index contributed by atoms with van der Waals surface area (Å²) in [5.74, 6) is 0.501. The summed E-state index contributed by atoms with van der Waals surface area (Å²) in [7, 11) is -1.41. The molecule has 0 bridgehead atoms. The van der Waals surface area contributed by atoms with Crippen molar-refractivity contribution in [3.8, 4) is 0 Å². The molecule has 0 fully saturated rings. The lowest BCUT2D eigenvalue weighted by Gasteiger charge is -2.20. The van der Waals surface area contributed by atoms with Gasteiger partial charge in [0, 0.05) is 18.7 Å². The molecular weight excluding hydrogens is 286 g/mol. The Morgan fingerprint density at radius 1 is 1.43 bits per heavy atom. The number of benzene rings is 1.